The Kier molecular flexibility index (Phi) is 4.51. The summed E-state index contributed by atoms with van der Waals surface area (Å²) in [5.41, 5.74) is 4.85. The first-order valence-corrected chi connectivity index (χ1v) is 6.91. The minimum atomic E-state index is -4.45. The smallest absolute Gasteiger partial charge is 0.349 e. The highest BCUT2D eigenvalue weighted by Gasteiger charge is 2.31. The maximum absolute atomic E-state index is 12.4. The van der Waals surface area contributed by atoms with E-state index in [0.29, 0.717) is 12.7 Å². The van der Waals surface area contributed by atoms with E-state index in [1.165, 1.54) is 0 Å². The average Bonchev–Trinajstić information content (AvgIpc) is 2.45. The number of halogens is 3. The molecule has 0 aromatic carbocycles. The Hall–Kier alpha value is -1.63. The summed E-state index contributed by atoms with van der Waals surface area (Å²) in [6, 6.07) is 1.92. The van der Waals surface area contributed by atoms with Crippen molar-refractivity contribution in [2.75, 3.05) is 6.54 Å². The lowest BCUT2D eigenvalue weighted by Gasteiger charge is -2.33. The van der Waals surface area contributed by atoms with Crippen LogP contribution < -0.4 is 11.1 Å². The largest absolute Gasteiger partial charge is 0.417 e. The van der Waals surface area contributed by atoms with E-state index < -0.39 is 23.2 Å². The molecule has 7 heteroatoms. The Labute approximate surface area is 120 Å². The molecule has 0 atom stereocenters. The molecule has 1 heterocycles. The quantitative estimate of drug-likeness (QED) is 0.901. The van der Waals surface area contributed by atoms with Crippen molar-refractivity contribution >= 4 is 5.91 Å². The average molecular weight is 301 g/mol. The number of pyridine rings is 1. The molecule has 2 rings (SSSR count). The second kappa shape index (κ2) is 6.01. The van der Waals surface area contributed by atoms with Crippen LogP contribution in [0.4, 0.5) is 13.2 Å². The van der Waals surface area contributed by atoms with Crippen LogP contribution in [0, 0.1) is 0 Å². The fourth-order valence-corrected chi connectivity index (χ4v) is 2.48. The van der Waals surface area contributed by atoms with Crippen LogP contribution in [0.2, 0.25) is 0 Å². The first kappa shape index (κ1) is 15.8. The van der Waals surface area contributed by atoms with Crippen LogP contribution in [0.5, 0.6) is 0 Å². The van der Waals surface area contributed by atoms with E-state index in [1.807, 2.05) is 0 Å². The number of nitrogens with zero attached hydrogens (tertiary/aromatic N) is 1. The van der Waals surface area contributed by atoms with E-state index in [9.17, 15) is 18.0 Å². The molecule has 21 heavy (non-hydrogen) atoms. The number of rotatable bonds is 3. The van der Waals surface area contributed by atoms with Crippen molar-refractivity contribution < 1.29 is 18.0 Å². The molecule has 0 saturated heterocycles. The van der Waals surface area contributed by atoms with Crippen LogP contribution in [0.3, 0.4) is 0 Å². The van der Waals surface area contributed by atoms with Gasteiger partial charge in [-0.15, -0.1) is 0 Å². The maximum atomic E-state index is 12.4. The first-order chi connectivity index (χ1) is 9.80. The Morgan fingerprint density at radius 3 is 2.48 bits per heavy atom. The molecular weight excluding hydrogens is 283 g/mol. The normalized spacial score (nSPS) is 18.3. The first-order valence-electron chi connectivity index (χ1n) is 6.91. The predicted octanol–water partition coefficient (Wildman–Crippen LogP) is 2.49. The number of hydrogen-bond donors (Lipinski definition) is 2. The van der Waals surface area contributed by atoms with Gasteiger partial charge in [0.1, 0.15) is 5.69 Å². The molecule has 1 fully saturated rings. The molecule has 1 aromatic heterocycles. The number of aromatic nitrogens is 1. The van der Waals surface area contributed by atoms with Gasteiger partial charge in [0.15, 0.2) is 0 Å². The fourth-order valence-electron chi connectivity index (χ4n) is 2.48. The lowest BCUT2D eigenvalue weighted by Crippen LogP contribution is -2.51. The van der Waals surface area contributed by atoms with E-state index in [4.69, 9.17) is 5.73 Å². The van der Waals surface area contributed by atoms with Crippen LogP contribution in [0.15, 0.2) is 18.3 Å². The number of hydrogen-bond acceptors (Lipinski definition) is 3. The molecule has 0 unspecified atom stereocenters. The Morgan fingerprint density at radius 1 is 1.29 bits per heavy atom. The molecule has 0 spiro atoms. The Morgan fingerprint density at radius 2 is 1.95 bits per heavy atom. The minimum absolute atomic E-state index is 0.0394. The molecular formula is C14H18F3N3O. The second-order valence-corrected chi connectivity index (χ2v) is 5.54. The zero-order valence-electron chi connectivity index (χ0n) is 11.5. The number of amides is 1. The van der Waals surface area contributed by atoms with Gasteiger partial charge in [0.25, 0.3) is 5.91 Å². The van der Waals surface area contributed by atoms with E-state index in [2.05, 4.69) is 10.3 Å². The van der Waals surface area contributed by atoms with Gasteiger partial charge in [-0.25, -0.2) is 0 Å². The molecule has 1 aliphatic carbocycles. The number of carbonyl (C=O) groups excluding carboxylic acids is 1. The standard InChI is InChI=1S/C14H18F3N3O/c15-14(16,17)10-4-5-11(19-8-10)12(21)20-9-13(18)6-2-1-3-7-13/h4-5,8H,1-3,6-7,9,18H2,(H,20,21). The summed E-state index contributed by atoms with van der Waals surface area (Å²) in [6.45, 7) is 0.314. The van der Waals surface area contributed by atoms with E-state index >= 15 is 0 Å². The summed E-state index contributed by atoms with van der Waals surface area (Å²) < 4.78 is 37.2. The summed E-state index contributed by atoms with van der Waals surface area (Å²) in [4.78, 5) is 15.4. The summed E-state index contributed by atoms with van der Waals surface area (Å²) >= 11 is 0. The molecule has 3 N–H and O–H groups in total. The van der Waals surface area contributed by atoms with Gasteiger partial charge in [-0.05, 0) is 25.0 Å². The van der Waals surface area contributed by atoms with Crippen LogP contribution in [-0.2, 0) is 6.18 Å². The van der Waals surface area contributed by atoms with Gasteiger partial charge >= 0.3 is 6.18 Å². The minimum Gasteiger partial charge on any atom is -0.349 e. The van der Waals surface area contributed by atoms with Gasteiger partial charge in [0, 0.05) is 18.3 Å². The van der Waals surface area contributed by atoms with Gasteiger partial charge in [-0.2, -0.15) is 13.2 Å². The zero-order valence-corrected chi connectivity index (χ0v) is 11.5. The highest BCUT2D eigenvalue weighted by atomic mass is 19.4. The molecule has 4 nitrogen and oxygen atoms in total. The molecule has 116 valence electrons. The molecule has 1 aromatic rings. The number of nitrogens with one attached hydrogen (secondary N) is 1. The third-order valence-corrected chi connectivity index (χ3v) is 3.77. The molecule has 0 radical (unpaired) electrons. The van der Waals surface area contributed by atoms with Gasteiger partial charge in [0.05, 0.1) is 5.56 Å². The Bertz CT molecular complexity index is 493. The van der Waals surface area contributed by atoms with Gasteiger partial charge in [-0.1, -0.05) is 19.3 Å². The van der Waals surface area contributed by atoms with Crippen molar-refractivity contribution in [3.63, 3.8) is 0 Å². The monoisotopic (exact) mass is 301 g/mol. The highest BCUT2D eigenvalue weighted by Crippen LogP contribution is 2.28. The zero-order chi connectivity index (χ0) is 15.5. The van der Waals surface area contributed by atoms with E-state index in [-0.39, 0.29) is 5.69 Å². The number of carbonyl (C=O) groups is 1. The van der Waals surface area contributed by atoms with Crippen LogP contribution >= 0.6 is 0 Å². The van der Waals surface area contributed by atoms with Crippen molar-refractivity contribution in [1.29, 1.82) is 0 Å². The van der Waals surface area contributed by atoms with Gasteiger partial charge in [0.2, 0.25) is 0 Å². The van der Waals surface area contributed by atoms with Gasteiger partial charge in [-0.3, -0.25) is 9.78 Å². The van der Waals surface area contributed by atoms with Crippen molar-refractivity contribution in [3.05, 3.63) is 29.6 Å². The summed E-state index contributed by atoms with van der Waals surface area (Å²) in [7, 11) is 0. The van der Waals surface area contributed by atoms with Crippen molar-refractivity contribution in [2.45, 2.75) is 43.8 Å². The predicted molar refractivity (Wildman–Crippen MR) is 71.6 cm³/mol. The van der Waals surface area contributed by atoms with E-state index in [0.717, 1.165) is 44.2 Å². The van der Waals surface area contributed by atoms with Crippen LogP contribution in [0.1, 0.15) is 48.2 Å². The molecule has 1 saturated carbocycles. The second-order valence-electron chi connectivity index (χ2n) is 5.54. The van der Waals surface area contributed by atoms with Crippen LogP contribution in [0.25, 0.3) is 0 Å². The summed E-state index contributed by atoms with van der Waals surface area (Å²) in [5.74, 6) is -0.501. The molecule has 0 bridgehead atoms. The summed E-state index contributed by atoms with van der Waals surface area (Å²) in [6.07, 6.45) is 1.10. The van der Waals surface area contributed by atoms with Crippen LogP contribution in [-0.4, -0.2) is 23.0 Å². The number of alkyl halides is 3. The third kappa shape index (κ3) is 4.17. The lowest BCUT2D eigenvalue weighted by molar-refractivity contribution is -0.137. The van der Waals surface area contributed by atoms with Crippen molar-refractivity contribution in [1.82, 2.24) is 10.3 Å². The fraction of sp³-hybridized carbons (Fsp3) is 0.571. The third-order valence-electron chi connectivity index (χ3n) is 3.77. The highest BCUT2D eigenvalue weighted by molar-refractivity contribution is 5.92. The summed E-state index contributed by atoms with van der Waals surface area (Å²) in [5, 5.41) is 2.66. The van der Waals surface area contributed by atoms with Crippen molar-refractivity contribution in [2.24, 2.45) is 5.73 Å². The van der Waals surface area contributed by atoms with E-state index in [1.54, 1.807) is 0 Å². The number of nitrogens with two attached hydrogens (primary N) is 1. The maximum Gasteiger partial charge on any atom is 0.417 e. The SMILES string of the molecule is NC1(CNC(=O)c2ccc(C(F)(F)F)cn2)CCCCC1. The molecule has 0 aliphatic heterocycles. The Balaban J connectivity index is 1.94. The van der Waals surface area contributed by atoms with Crippen molar-refractivity contribution in [3.8, 4) is 0 Å². The molecule has 1 amide bonds. The lowest BCUT2D eigenvalue weighted by atomic mass is 9.82. The van der Waals surface area contributed by atoms with Gasteiger partial charge < -0.3 is 11.1 Å². The topological polar surface area (TPSA) is 68.0 Å². The molecule has 1 aliphatic rings.